The van der Waals surface area contributed by atoms with E-state index >= 15 is 0 Å². The fourth-order valence-corrected chi connectivity index (χ4v) is 7.29. The number of hydrogen-bond acceptors (Lipinski definition) is 8. The minimum absolute atomic E-state index is 0.0184. The van der Waals surface area contributed by atoms with E-state index in [-0.39, 0.29) is 67.8 Å². The third-order valence-corrected chi connectivity index (χ3v) is 10.2. The summed E-state index contributed by atoms with van der Waals surface area (Å²) in [6, 6.07) is 9.58. The van der Waals surface area contributed by atoms with E-state index in [0.717, 1.165) is 43.3 Å². The van der Waals surface area contributed by atoms with Crippen LogP contribution >= 0.6 is 0 Å². The Bertz CT molecular complexity index is 2170. The zero-order valence-electron chi connectivity index (χ0n) is 32.2. The number of benzene rings is 3. The summed E-state index contributed by atoms with van der Waals surface area (Å²) < 4.78 is 204. The van der Waals surface area contributed by atoms with Gasteiger partial charge in [0.25, 0.3) is 0 Å². The van der Waals surface area contributed by atoms with Crippen LogP contribution in [-0.4, -0.2) is 55.9 Å². The summed E-state index contributed by atoms with van der Waals surface area (Å²) in [5.41, 5.74) is -4.15. The molecule has 0 N–H and O–H groups in total. The zero-order valence-corrected chi connectivity index (χ0v) is 32.2. The van der Waals surface area contributed by atoms with Crippen molar-refractivity contribution in [3.63, 3.8) is 0 Å². The third kappa shape index (κ3) is 11.8. The van der Waals surface area contributed by atoms with Crippen LogP contribution < -0.4 is 9.64 Å². The monoisotopic (exact) mass is 916 g/mol. The van der Waals surface area contributed by atoms with Crippen molar-refractivity contribution in [2.24, 2.45) is 0 Å². The molecule has 342 valence electrons. The molecule has 4 fully saturated rings. The number of alkyl halides is 12. The second kappa shape index (κ2) is 19.0. The van der Waals surface area contributed by atoms with Gasteiger partial charge in [0.1, 0.15) is 29.3 Å². The average Bonchev–Trinajstić information content (AvgIpc) is 4.00. The van der Waals surface area contributed by atoms with Crippen LogP contribution in [-0.2, 0) is 43.7 Å². The Morgan fingerprint density at radius 2 is 1.02 bits per heavy atom. The lowest BCUT2D eigenvalue weighted by Crippen LogP contribution is -2.47. The highest BCUT2D eigenvalue weighted by atomic mass is 19.4. The van der Waals surface area contributed by atoms with Crippen molar-refractivity contribution in [1.82, 2.24) is 4.98 Å². The first-order valence-electron chi connectivity index (χ1n) is 18.9. The molecule has 4 aromatic rings. The van der Waals surface area contributed by atoms with Crippen molar-refractivity contribution < 1.29 is 89.9 Å². The number of ether oxygens (including phenoxy) is 5. The SMILES string of the molecule is FC(F)(F)c1ccc(N2[C@@H]3CC[C@H]2CC(Oc2ccc(C(F)(F)F)cc2C2OCCO2)C3)nc1.Fc1ccc(C(F)(F)F)cc1C1OCCO1.O=Cc1cc(C(F)(F)F)ccc1F. The number of pyridine rings is 1. The molecule has 8 rings (SSSR count). The van der Waals surface area contributed by atoms with Gasteiger partial charge in [0, 0.05) is 36.7 Å². The highest BCUT2D eigenvalue weighted by Gasteiger charge is 2.43. The quantitative estimate of drug-likeness (QED) is 0.140. The van der Waals surface area contributed by atoms with Gasteiger partial charge in [0.05, 0.1) is 59.8 Å². The van der Waals surface area contributed by atoms with Crippen molar-refractivity contribution in [2.75, 3.05) is 31.3 Å². The number of hydrogen-bond donors (Lipinski definition) is 0. The summed E-state index contributed by atoms with van der Waals surface area (Å²) in [6.07, 6.45) is -16.5. The number of halogens is 14. The predicted molar refractivity (Wildman–Crippen MR) is 191 cm³/mol. The van der Waals surface area contributed by atoms with Crippen LogP contribution in [0.3, 0.4) is 0 Å². The van der Waals surface area contributed by atoms with Gasteiger partial charge < -0.3 is 28.6 Å². The van der Waals surface area contributed by atoms with Gasteiger partial charge in [-0.05, 0) is 79.6 Å². The Hall–Kier alpha value is -5.06. The average molecular weight is 917 g/mol. The van der Waals surface area contributed by atoms with Gasteiger partial charge in [-0.15, -0.1) is 0 Å². The van der Waals surface area contributed by atoms with Crippen LogP contribution in [0.1, 0.15) is 82.0 Å². The molecule has 0 radical (unpaired) electrons. The Balaban J connectivity index is 0.000000188. The van der Waals surface area contributed by atoms with Crippen molar-refractivity contribution in [2.45, 2.75) is 81.2 Å². The maximum atomic E-state index is 13.3. The van der Waals surface area contributed by atoms with Gasteiger partial charge in [-0.3, -0.25) is 4.79 Å². The Morgan fingerprint density at radius 3 is 1.49 bits per heavy atom. The molecule has 4 saturated heterocycles. The van der Waals surface area contributed by atoms with E-state index in [2.05, 4.69) is 4.98 Å². The molecule has 2 bridgehead atoms. The summed E-state index contributed by atoms with van der Waals surface area (Å²) in [7, 11) is 0. The van der Waals surface area contributed by atoms with E-state index in [0.29, 0.717) is 49.0 Å². The molecule has 4 aliphatic heterocycles. The number of carbonyl (C=O) groups is 1. The molecular formula is C41H34F14N2O6. The van der Waals surface area contributed by atoms with Gasteiger partial charge in [-0.25, -0.2) is 13.8 Å². The molecule has 0 aliphatic carbocycles. The second-order valence-electron chi connectivity index (χ2n) is 14.4. The fourth-order valence-electron chi connectivity index (χ4n) is 7.29. The molecule has 1 unspecified atom stereocenters. The minimum atomic E-state index is -4.55. The van der Waals surface area contributed by atoms with Crippen molar-refractivity contribution in [3.8, 4) is 5.75 Å². The lowest BCUT2D eigenvalue weighted by Gasteiger charge is -2.40. The van der Waals surface area contributed by atoms with E-state index in [4.69, 9.17) is 23.7 Å². The van der Waals surface area contributed by atoms with Gasteiger partial charge >= 0.3 is 24.7 Å². The number of aromatic nitrogens is 1. The highest BCUT2D eigenvalue weighted by Crippen LogP contribution is 2.43. The van der Waals surface area contributed by atoms with Crippen LogP contribution in [0.5, 0.6) is 5.75 Å². The van der Waals surface area contributed by atoms with Crippen molar-refractivity contribution in [1.29, 1.82) is 0 Å². The summed E-state index contributed by atoms with van der Waals surface area (Å²) in [5.74, 6) is -0.949. The van der Waals surface area contributed by atoms with Crippen molar-refractivity contribution in [3.05, 3.63) is 124 Å². The number of anilines is 1. The normalized spacial score (nSPS) is 20.8. The van der Waals surface area contributed by atoms with Crippen LogP contribution in [0.25, 0.3) is 0 Å². The van der Waals surface area contributed by atoms with E-state index in [1.807, 2.05) is 4.90 Å². The lowest BCUT2D eigenvalue weighted by molar-refractivity contribution is -0.138. The summed E-state index contributed by atoms with van der Waals surface area (Å²) in [4.78, 5) is 16.2. The summed E-state index contributed by atoms with van der Waals surface area (Å²) >= 11 is 0. The number of aldehydes is 1. The van der Waals surface area contributed by atoms with Crippen LogP contribution in [0.15, 0.2) is 72.9 Å². The Morgan fingerprint density at radius 1 is 0.571 bits per heavy atom. The fraction of sp³-hybridized carbons (Fsp3) is 0.415. The third-order valence-electron chi connectivity index (χ3n) is 10.2. The van der Waals surface area contributed by atoms with E-state index in [9.17, 15) is 66.3 Å². The molecule has 3 aromatic carbocycles. The molecule has 0 saturated carbocycles. The molecular weight excluding hydrogens is 882 g/mol. The molecule has 22 heteroatoms. The van der Waals surface area contributed by atoms with Crippen LogP contribution in [0.4, 0.5) is 67.3 Å². The first-order valence-corrected chi connectivity index (χ1v) is 18.9. The minimum Gasteiger partial charge on any atom is -0.490 e. The smallest absolute Gasteiger partial charge is 0.417 e. The molecule has 63 heavy (non-hydrogen) atoms. The molecule has 5 heterocycles. The number of rotatable bonds is 6. The number of piperidine rings is 1. The molecule has 3 atom stereocenters. The van der Waals surface area contributed by atoms with Crippen LogP contribution in [0.2, 0.25) is 0 Å². The Labute approximate surface area is 348 Å². The van der Waals surface area contributed by atoms with Gasteiger partial charge in [-0.2, -0.15) is 52.7 Å². The largest absolute Gasteiger partial charge is 0.490 e. The first-order chi connectivity index (χ1) is 29.5. The van der Waals surface area contributed by atoms with E-state index in [1.54, 1.807) is 0 Å². The number of fused-ring (bicyclic) bond motifs is 2. The molecule has 1 aromatic heterocycles. The standard InChI is InChI=1S/C23H22F6N2O3.C10H8F4O2.C8H4F4O/c24-22(25,26)13-1-5-19(18(9-13)21-32-7-8-33-21)34-17-10-15-3-4-16(11-17)31(15)20-6-2-14(12-30-20)23(27,28)29;11-8-2-1-6(10(12,13)14)5-7(8)9-15-3-4-16-9;9-7-2-1-6(8(10,11)12)3-5(7)4-13/h1-2,5-6,9,12,15-17,21H,3-4,7-8,10-11H2;1-2,5,9H,3-4H2;1-4H/t15-,16+,17?;;. The van der Waals surface area contributed by atoms with Crippen molar-refractivity contribution >= 4 is 12.1 Å². The Kier molecular flexibility index (Phi) is 14.3. The molecule has 4 aliphatic rings. The van der Waals surface area contributed by atoms with Crippen LogP contribution in [0, 0.1) is 11.6 Å². The highest BCUT2D eigenvalue weighted by molar-refractivity contribution is 5.75. The second-order valence-corrected chi connectivity index (χ2v) is 14.4. The maximum absolute atomic E-state index is 13.3. The number of carbonyl (C=O) groups excluding carboxylic acids is 1. The van der Waals surface area contributed by atoms with E-state index in [1.165, 1.54) is 12.1 Å². The molecule has 0 spiro atoms. The zero-order chi connectivity index (χ0) is 45.9. The summed E-state index contributed by atoms with van der Waals surface area (Å²) in [5, 5.41) is 0. The lowest BCUT2D eigenvalue weighted by atomic mass is 9.99. The predicted octanol–water partition coefficient (Wildman–Crippen LogP) is 11.3. The topological polar surface area (TPSA) is 79.4 Å². The van der Waals surface area contributed by atoms with Gasteiger partial charge in [0.2, 0.25) is 0 Å². The maximum Gasteiger partial charge on any atom is 0.417 e. The van der Waals surface area contributed by atoms with E-state index < -0.39 is 76.7 Å². The van der Waals surface area contributed by atoms with Gasteiger partial charge in [-0.1, -0.05) is 0 Å². The van der Waals surface area contributed by atoms with Gasteiger partial charge in [0.15, 0.2) is 18.9 Å². The molecule has 8 nitrogen and oxygen atoms in total. The molecule has 0 amide bonds. The number of nitrogens with zero attached hydrogens (tertiary/aromatic N) is 2. The first kappa shape index (κ1) is 47.4. The summed E-state index contributed by atoms with van der Waals surface area (Å²) in [6.45, 7) is 1.06.